The summed E-state index contributed by atoms with van der Waals surface area (Å²) in [6.45, 7) is 10.4. The van der Waals surface area contributed by atoms with Crippen LogP contribution in [0, 0.1) is 20.8 Å². The number of likely N-dealkylation sites (N-methyl/N-ethyl adjacent to an activating group) is 1. The second-order valence-corrected chi connectivity index (χ2v) is 5.12. The molecule has 1 aromatic heterocycles. The maximum atomic E-state index is 4.70. The molecule has 0 unspecified atom stereocenters. The van der Waals surface area contributed by atoms with Gasteiger partial charge in [-0.25, -0.2) is 9.97 Å². The second-order valence-electron chi connectivity index (χ2n) is 5.12. The highest BCUT2D eigenvalue weighted by molar-refractivity contribution is 5.60. The summed E-state index contributed by atoms with van der Waals surface area (Å²) in [4.78, 5) is 9.41. The Morgan fingerprint density at radius 3 is 2.25 bits per heavy atom. The molecule has 1 N–H and O–H groups in total. The minimum absolute atomic E-state index is 0.838. The van der Waals surface area contributed by atoms with Gasteiger partial charge in [0.1, 0.15) is 0 Å². The van der Waals surface area contributed by atoms with Crippen molar-refractivity contribution in [2.45, 2.75) is 34.1 Å². The van der Waals surface area contributed by atoms with Crippen molar-refractivity contribution in [2.24, 2.45) is 0 Å². The fourth-order valence-electron chi connectivity index (χ4n) is 2.44. The van der Waals surface area contributed by atoms with Gasteiger partial charge in [0.2, 0.25) is 0 Å². The van der Waals surface area contributed by atoms with E-state index in [-0.39, 0.29) is 0 Å². The molecule has 0 saturated heterocycles. The van der Waals surface area contributed by atoms with Gasteiger partial charge in [0.05, 0.1) is 0 Å². The Morgan fingerprint density at radius 2 is 1.65 bits per heavy atom. The van der Waals surface area contributed by atoms with Crippen LogP contribution < -0.4 is 5.32 Å². The van der Waals surface area contributed by atoms with E-state index in [0.717, 1.165) is 42.3 Å². The van der Waals surface area contributed by atoms with Crippen molar-refractivity contribution in [1.29, 1.82) is 0 Å². The zero-order valence-corrected chi connectivity index (χ0v) is 12.8. The Balaban J connectivity index is 2.33. The highest BCUT2D eigenvalue weighted by atomic mass is 14.9. The van der Waals surface area contributed by atoms with E-state index in [0.29, 0.717) is 0 Å². The number of rotatable bonds is 5. The number of hydrogen-bond acceptors (Lipinski definition) is 3. The number of aromatic nitrogens is 2. The predicted octanol–water partition coefficient (Wildman–Crippen LogP) is 3.22. The van der Waals surface area contributed by atoms with E-state index in [1.165, 1.54) is 11.1 Å². The summed E-state index contributed by atoms with van der Waals surface area (Å²) in [5.74, 6) is 0.838. The van der Waals surface area contributed by atoms with Crippen LogP contribution in [-0.4, -0.2) is 23.1 Å². The minimum atomic E-state index is 0.838. The molecule has 0 bridgehead atoms. The lowest BCUT2D eigenvalue weighted by molar-refractivity contribution is 0.708. The maximum absolute atomic E-state index is 4.70. The average molecular weight is 269 g/mol. The normalized spacial score (nSPS) is 10.8. The van der Waals surface area contributed by atoms with Crippen molar-refractivity contribution < 1.29 is 0 Å². The van der Waals surface area contributed by atoms with Crippen LogP contribution in [0.15, 0.2) is 24.3 Å². The molecule has 0 aliphatic carbocycles. The van der Waals surface area contributed by atoms with Gasteiger partial charge in [-0.3, -0.25) is 0 Å². The summed E-state index contributed by atoms with van der Waals surface area (Å²) in [6, 6.07) is 8.27. The number of nitrogens with one attached hydrogen (secondary N) is 1. The van der Waals surface area contributed by atoms with E-state index in [4.69, 9.17) is 9.97 Å². The van der Waals surface area contributed by atoms with E-state index in [1.807, 2.05) is 12.1 Å². The molecule has 0 amide bonds. The van der Waals surface area contributed by atoms with E-state index >= 15 is 0 Å². The highest BCUT2D eigenvalue weighted by Gasteiger charge is 2.10. The van der Waals surface area contributed by atoms with Crippen molar-refractivity contribution in [3.05, 3.63) is 46.8 Å². The third-order valence-corrected chi connectivity index (χ3v) is 3.61. The lowest BCUT2D eigenvalue weighted by Crippen LogP contribution is -2.17. The predicted molar refractivity (Wildman–Crippen MR) is 83.9 cm³/mol. The molecule has 20 heavy (non-hydrogen) atoms. The van der Waals surface area contributed by atoms with Crippen molar-refractivity contribution in [3.8, 4) is 11.4 Å². The first-order valence-corrected chi connectivity index (χ1v) is 7.24. The van der Waals surface area contributed by atoms with Gasteiger partial charge in [0.15, 0.2) is 5.82 Å². The van der Waals surface area contributed by atoms with Crippen molar-refractivity contribution in [3.63, 3.8) is 0 Å². The Hall–Kier alpha value is -1.74. The molecule has 0 aliphatic rings. The van der Waals surface area contributed by atoms with E-state index in [2.05, 4.69) is 45.1 Å². The van der Waals surface area contributed by atoms with Gasteiger partial charge in [-0.2, -0.15) is 0 Å². The lowest BCUT2D eigenvalue weighted by atomic mass is 10.1. The molecule has 1 aromatic carbocycles. The molecule has 0 atom stereocenters. The van der Waals surface area contributed by atoms with Gasteiger partial charge < -0.3 is 5.32 Å². The first-order chi connectivity index (χ1) is 9.63. The van der Waals surface area contributed by atoms with E-state index in [9.17, 15) is 0 Å². The summed E-state index contributed by atoms with van der Waals surface area (Å²) in [7, 11) is 0. The van der Waals surface area contributed by atoms with Crippen LogP contribution in [-0.2, 0) is 6.42 Å². The second kappa shape index (κ2) is 6.62. The minimum Gasteiger partial charge on any atom is -0.317 e. The molecule has 0 spiro atoms. The summed E-state index contributed by atoms with van der Waals surface area (Å²) in [6.07, 6.45) is 0.986. The fourth-order valence-corrected chi connectivity index (χ4v) is 2.44. The Labute approximate surface area is 121 Å². The first-order valence-electron chi connectivity index (χ1n) is 7.24. The molecule has 2 aromatic rings. The van der Waals surface area contributed by atoms with Crippen molar-refractivity contribution >= 4 is 0 Å². The lowest BCUT2D eigenvalue weighted by Gasteiger charge is -2.12. The van der Waals surface area contributed by atoms with Crippen molar-refractivity contribution in [2.75, 3.05) is 13.1 Å². The Bertz CT molecular complexity index is 568. The zero-order valence-electron chi connectivity index (χ0n) is 12.8. The maximum Gasteiger partial charge on any atom is 0.159 e. The highest BCUT2D eigenvalue weighted by Crippen LogP contribution is 2.22. The molecule has 2 rings (SSSR count). The summed E-state index contributed by atoms with van der Waals surface area (Å²) in [5.41, 5.74) is 5.79. The first kappa shape index (κ1) is 14.7. The third kappa shape index (κ3) is 3.23. The quantitative estimate of drug-likeness (QED) is 0.847. The Morgan fingerprint density at radius 1 is 1.00 bits per heavy atom. The molecule has 0 saturated carbocycles. The third-order valence-electron chi connectivity index (χ3n) is 3.61. The van der Waals surface area contributed by atoms with Gasteiger partial charge in [0.25, 0.3) is 0 Å². The summed E-state index contributed by atoms with van der Waals surface area (Å²) >= 11 is 0. The Kier molecular flexibility index (Phi) is 4.85. The molecule has 0 fully saturated rings. The monoisotopic (exact) mass is 269 g/mol. The molecule has 3 heteroatoms. The SMILES string of the molecule is CCNCCc1c(C)nc(-c2ccccc2C)nc1C. The number of hydrogen-bond donors (Lipinski definition) is 1. The number of nitrogens with zero attached hydrogens (tertiary/aromatic N) is 2. The van der Waals surface area contributed by atoms with Crippen LogP contribution in [0.25, 0.3) is 11.4 Å². The van der Waals surface area contributed by atoms with Gasteiger partial charge >= 0.3 is 0 Å². The van der Waals surface area contributed by atoms with Gasteiger partial charge in [-0.15, -0.1) is 0 Å². The van der Waals surface area contributed by atoms with Crippen LogP contribution in [0.1, 0.15) is 29.4 Å². The van der Waals surface area contributed by atoms with Crippen LogP contribution in [0.3, 0.4) is 0 Å². The largest absolute Gasteiger partial charge is 0.317 e. The van der Waals surface area contributed by atoms with Gasteiger partial charge in [-0.1, -0.05) is 31.2 Å². The zero-order chi connectivity index (χ0) is 14.5. The van der Waals surface area contributed by atoms with Crippen LogP contribution >= 0.6 is 0 Å². The van der Waals surface area contributed by atoms with E-state index in [1.54, 1.807) is 0 Å². The molecular formula is C17H23N3. The summed E-state index contributed by atoms with van der Waals surface area (Å²) < 4.78 is 0. The fraction of sp³-hybridized carbons (Fsp3) is 0.412. The van der Waals surface area contributed by atoms with Crippen LogP contribution in [0.4, 0.5) is 0 Å². The van der Waals surface area contributed by atoms with Crippen LogP contribution in [0.5, 0.6) is 0 Å². The number of benzene rings is 1. The van der Waals surface area contributed by atoms with Gasteiger partial charge in [-0.05, 0) is 51.4 Å². The molecular weight excluding hydrogens is 246 g/mol. The summed E-state index contributed by atoms with van der Waals surface area (Å²) in [5, 5.41) is 3.35. The molecule has 0 aliphatic heterocycles. The molecule has 106 valence electrons. The number of aryl methyl sites for hydroxylation is 3. The standard InChI is InChI=1S/C17H23N3/c1-5-18-11-10-16-13(3)19-17(20-14(16)4)15-9-7-6-8-12(15)2/h6-9,18H,5,10-11H2,1-4H3. The topological polar surface area (TPSA) is 37.8 Å². The molecule has 1 heterocycles. The van der Waals surface area contributed by atoms with E-state index < -0.39 is 0 Å². The molecule has 0 radical (unpaired) electrons. The average Bonchev–Trinajstić information content (AvgIpc) is 2.42. The van der Waals surface area contributed by atoms with Crippen LogP contribution in [0.2, 0.25) is 0 Å². The smallest absolute Gasteiger partial charge is 0.159 e. The van der Waals surface area contributed by atoms with Gasteiger partial charge in [0, 0.05) is 17.0 Å². The van der Waals surface area contributed by atoms with Crippen molar-refractivity contribution in [1.82, 2.24) is 15.3 Å². The molecule has 3 nitrogen and oxygen atoms in total.